The number of urea groups is 1. The molecule has 0 aromatic heterocycles. The third-order valence-electron chi connectivity index (χ3n) is 4.43. The lowest BCUT2D eigenvalue weighted by molar-refractivity contribution is 0.138. The molecule has 23 heavy (non-hydrogen) atoms. The van der Waals surface area contributed by atoms with Gasteiger partial charge in [-0.2, -0.15) is 0 Å². The Morgan fingerprint density at radius 2 is 2.22 bits per heavy atom. The molecular weight excluding hydrogens is 297 g/mol. The Morgan fingerprint density at radius 3 is 2.83 bits per heavy atom. The largest absolute Gasteiger partial charge is 0.494 e. The lowest BCUT2D eigenvalue weighted by Gasteiger charge is -2.36. The SMILES string of the molecule is COc1ccc(C(C)NC(=O)N2CCCC(N(C)C)C2)cc1F. The number of ether oxygens (including phenoxy) is 1. The molecule has 5 nitrogen and oxygen atoms in total. The van der Waals surface area contributed by atoms with Gasteiger partial charge in [0.05, 0.1) is 13.2 Å². The van der Waals surface area contributed by atoms with Crippen LogP contribution in [0.2, 0.25) is 0 Å². The molecule has 1 fully saturated rings. The first-order valence-electron chi connectivity index (χ1n) is 7.97. The topological polar surface area (TPSA) is 44.8 Å². The van der Waals surface area contributed by atoms with Crippen molar-refractivity contribution in [3.05, 3.63) is 29.6 Å². The minimum atomic E-state index is -0.420. The molecule has 1 aliphatic rings. The first-order valence-corrected chi connectivity index (χ1v) is 7.97. The van der Waals surface area contributed by atoms with Crippen LogP contribution < -0.4 is 10.1 Å². The summed E-state index contributed by atoms with van der Waals surface area (Å²) in [5.41, 5.74) is 0.720. The van der Waals surface area contributed by atoms with E-state index in [0.29, 0.717) is 6.04 Å². The van der Waals surface area contributed by atoms with Crippen molar-refractivity contribution >= 4 is 6.03 Å². The second kappa shape index (κ2) is 7.64. The summed E-state index contributed by atoms with van der Waals surface area (Å²) < 4.78 is 18.7. The Morgan fingerprint density at radius 1 is 1.48 bits per heavy atom. The summed E-state index contributed by atoms with van der Waals surface area (Å²) in [4.78, 5) is 16.4. The van der Waals surface area contributed by atoms with Gasteiger partial charge in [-0.1, -0.05) is 6.07 Å². The number of methoxy groups -OCH3 is 1. The van der Waals surface area contributed by atoms with Gasteiger partial charge in [-0.05, 0) is 51.6 Å². The van der Waals surface area contributed by atoms with Crippen molar-refractivity contribution in [2.24, 2.45) is 0 Å². The molecule has 1 aromatic carbocycles. The van der Waals surface area contributed by atoms with Gasteiger partial charge in [-0.15, -0.1) is 0 Å². The van der Waals surface area contributed by atoms with E-state index in [1.807, 2.05) is 25.9 Å². The van der Waals surface area contributed by atoms with Crippen LogP contribution in [0.4, 0.5) is 9.18 Å². The molecule has 1 N–H and O–H groups in total. The van der Waals surface area contributed by atoms with Gasteiger partial charge in [-0.3, -0.25) is 0 Å². The average Bonchev–Trinajstić information content (AvgIpc) is 2.54. The normalized spacial score (nSPS) is 19.6. The number of piperidine rings is 1. The number of amides is 2. The van der Waals surface area contributed by atoms with Crippen molar-refractivity contribution < 1.29 is 13.9 Å². The highest BCUT2D eigenvalue weighted by atomic mass is 19.1. The molecule has 1 heterocycles. The molecule has 1 saturated heterocycles. The van der Waals surface area contributed by atoms with E-state index in [1.54, 1.807) is 12.1 Å². The average molecular weight is 323 g/mol. The molecule has 2 unspecified atom stereocenters. The highest BCUT2D eigenvalue weighted by molar-refractivity contribution is 5.74. The van der Waals surface area contributed by atoms with E-state index in [2.05, 4.69) is 10.2 Å². The monoisotopic (exact) mass is 323 g/mol. The van der Waals surface area contributed by atoms with Crippen LogP contribution in [0, 0.1) is 5.82 Å². The van der Waals surface area contributed by atoms with Crippen LogP contribution in [0.25, 0.3) is 0 Å². The highest BCUT2D eigenvalue weighted by Gasteiger charge is 2.25. The van der Waals surface area contributed by atoms with E-state index in [4.69, 9.17) is 4.74 Å². The van der Waals surface area contributed by atoms with Crippen LogP contribution in [-0.2, 0) is 0 Å². The Labute approximate surface area is 137 Å². The maximum absolute atomic E-state index is 13.8. The molecule has 2 amide bonds. The van der Waals surface area contributed by atoms with Crippen molar-refractivity contribution in [1.29, 1.82) is 0 Å². The molecular formula is C17H26FN3O2. The van der Waals surface area contributed by atoms with Crippen molar-refractivity contribution in [3.63, 3.8) is 0 Å². The molecule has 128 valence electrons. The Bertz CT molecular complexity index is 551. The van der Waals surface area contributed by atoms with Gasteiger partial charge in [0, 0.05) is 19.1 Å². The van der Waals surface area contributed by atoms with E-state index in [1.165, 1.54) is 13.2 Å². The Hall–Kier alpha value is -1.82. The molecule has 1 aliphatic heterocycles. The summed E-state index contributed by atoms with van der Waals surface area (Å²) >= 11 is 0. The zero-order valence-corrected chi connectivity index (χ0v) is 14.3. The van der Waals surface area contributed by atoms with Gasteiger partial charge < -0.3 is 19.9 Å². The van der Waals surface area contributed by atoms with E-state index >= 15 is 0 Å². The predicted octanol–water partition coefficient (Wildman–Crippen LogP) is 2.63. The van der Waals surface area contributed by atoms with Gasteiger partial charge in [-0.25, -0.2) is 9.18 Å². The Kier molecular flexibility index (Phi) is 5.82. The van der Waals surface area contributed by atoms with Gasteiger partial charge >= 0.3 is 6.03 Å². The zero-order chi connectivity index (χ0) is 17.0. The van der Waals surface area contributed by atoms with Gasteiger partial charge in [0.1, 0.15) is 0 Å². The second-order valence-electron chi connectivity index (χ2n) is 6.27. The summed E-state index contributed by atoms with van der Waals surface area (Å²) in [5.74, 6) is -0.214. The second-order valence-corrected chi connectivity index (χ2v) is 6.27. The minimum absolute atomic E-state index is 0.0970. The van der Waals surface area contributed by atoms with Crippen LogP contribution in [0.1, 0.15) is 31.4 Å². The van der Waals surface area contributed by atoms with E-state index < -0.39 is 5.82 Å². The number of rotatable bonds is 4. The fourth-order valence-corrected chi connectivity index (χ4v) is 2.87. The van der Waals surface area contributed by atoms with Crippen molar-refractivity contribution in [2.75, 3.05) is 34.3 Å². The minimum Gasteiger partial charge on any atom is -0.494 e. The highest BCUT2D eigenvalue weighted by Crippen LogP contribution is 2.22. The summed E-state index contributed by atoms with van der Waals surface area (Å²) in [6.07, 6.45) is 2.11. The van der Waals surface area contributed by atoms with E-state index in [-0.39, 0.29) is 17.8 Å². The van der Waals surface area contributed by atoms with Crippen LogP contribution in [-0.4, -0.2) is 56.2 Å². The molecule has 6 heteroatoms. The standard InChI is InChI=1S/C17H26FN3O2/c1-12(13-7-8-16(23-4)15(18)10-13)19-17(22)21-9-5-6-14(11-21)20(2)3/h7-8,10,12,14H,5-6,9,11H2,1-4H3,(H,19,22). The predicted molar refractivity (Wildman–Crippen MR) is 88.2 cm³/mol. The lowest BCUT2D eigenvalue weighted by atomic mass is 10.1. The summed E-state index contributed by atoms with van der Waals surface area (Å²) in [6.45, 7) is 3.34. The molecule has 1 aromatic rings. The first-order chi connectivity index (χ1) is 10.9. The number of likely N-dealkylation sites (N-methyl/N-ethyl adjacent to an activating group) is 1. The molecule has 0 radical (unpaired) electrons. The summed E-state index contributed by atoms with van der Waals surface area (Å²) in [7, 11) is 5.50. The van der Waals surface area contributed by atoms with Crippen molar-refractivity contribution in [3.8, 4) is 5.75 Å². The number of nitrogens with zero attached hydrogens (tertiary/aromatic N) is 2. The number of hydrogen-bond donors (Lipinski definition) is 1. The maximum Gasteiger partial charge on any atom is 0.317 e. The van der Waals surface area contributed by atoms with Gasteiger partial charge in [0.2, 0.25) is 0 Å². The van der Waals surface area contributed by atoms with Crippen molar-refractivity contribution in [2.45, 2.75) is 31.8 Å². The summed E-state index contributed by atoms with van der Waals surface area (Å²) in [5, 5.41) is 2.95. The lowest BCUT2D eigenvalue weighted by Crippen LogP contribution is -2.51. The molecule has 0 aliphatic carbocycles. The number of carbonyl (C=O) groups excluding carboxylic acids is 1. The number of carbonyl (C=O) groups is 1. The van der Waals surface area contributed by atoms with E-state index in [9.17, 15) is 9.18 Å². The molecule has 0 bridgehead atoms. The maximum atomic E-state index is 13.8. The number of hydrogen-bond acceptors (Lipinski definition) is 3. The zero-order valence-electron chi connectivity index (χ0n) is 14.3. The van der Waals surface area contributed by atoms with Crippen LogP contribution >= 0.6 is 0 Å². The van der Waals surface area contributed by atoms with Crippen molar-refractivity contribution in [1.82, 2.24) is 15.1 Å². The molecule has 0 saturated carbocycles. The third kappa shape index (κ3) is 4.34. The molecule has 0 spiro atoms. The van der Waals surface area contributed by atoms with Gasteiger partial charge in [0.15, 0.2) is 11.6 Å². The fourth-order valence-electron chi connectivity index (χ4n) is 2.87. The number of likely N-dealkylation sites (tertiary alicyclic amines) is 1. The Balaban J connectivity index is 1.97. The smallest absolute Gasteiger partial charge is 0.317 e. The van der Waals surface area contributed by atoms with Gasteiger partial charge in [0.25, 0.3) is 0 Å². The summed E-state index contributed by atoms with van der Waals surface area (Å²) in [6, 6.07) is 4.79. The van der Waals surface area contributed by atoms with Crippen LogP contribution in [0.3, 0.4) is 0 Å². The third-order valence-corrected chi connectivity index (χ3v) is 4.43. The quantitative estimate of drug-likeness (QED) is 0.926. The fraction of sp³-hybridized carbons (Fsp3) is 0.588. The number of nitrogens with one attached hydrogen (secondary N) is 1. The first kappa shape index (κ1) is 17.5. The van der Waals surface area contributed by atoms with Crippen LogP contribution in [0.15, 0.2) is 18.2 Å². The molecule has 2 rings (SSSR count). The number of benzene rings is 1. The number of halogens is 1. The van der Waals surface area contributed by atoms with Crippen LogP contribution in [0.5, 0.6) is 5.75 Å². The van der Waals surface area contributed by atoms with E-state index in [0.717, 1.165) is 31.5 Å². The molecule has 2 atom stereocenters.